The molecule has 0 bridgehead atoms. The minimum Gasteiger partial charge on any atom is -0.409 e. The van der Waals surface area contributed by atoms with Crippen LogP contribution in [0.1, 0.15) is 30.5 Å². The van der Waals surface area contributed by atoms with Crippen LogP contribution in [0.15, 0.2) is 58.2 Å². The van der Waals surface area contributed by atoms with Crippen LogP contribution < -0.4 is 16.4 Å². The van der Waals surface area contributed by atoms with E-state index in [-0.39, 0.29) is 24.2 Å². The Morgan fingerprint density at radius 3 is 2.50 bits per heavy atom. The molecule has 0 heterocycles. The van der Waals surface area contributed by atoms with Gasteiger partial charge in [-0.25, -0.2) is 0 Å². The maximum absolute atomic E-state index is 12.1. The van der Waals surface area contributed by atoms with Gasteiger partial charge in [-0.3, -0.25) is 9.59 Å². The zero-order chi connectivity index (χ0) is 19.1. The lowest BCUT2D eigenvalue weighted by molar-refractivity contribution is -0.127. The van der Waals surface area contributed by atoms with Crippen molar-refractivity contribution in [3.8, 4) is 0 Å². The van der Waals surface area contributed by atoms with E-state index in [1.165, 1.54) is 0 Å². The fourth-order valence-electron chi connectivity index (χ4n) is 2.28. The number of amidine groups is 1. The smallest absolute Gasteiger partial charge is 0.233 e. The highest BCUT2D eigenvalue weighted by Gasteiger charge is 2.14. The number of carbonyl (C=O) groups excluding carboxylic acids is 2. The van der Waals surface area contributed by atoms with Crippen molar-refractivity contribution in [2.45, 2.75) is 19.4 Å². The Balaban J connectivity index is 1.88. The highest BCUT2D eigenvalue weighted by molar-refractivity contribution is 9.10. The van der Waals surface area contributed by atoms with Crippen LogP contribution in [0.25, 0.3) is 0 Å². The Kier molecular flexibility index (Phi) is 6.74. The first kappa shape index (κ1) is 19.5. The predicted molar refractivity (Wildman–Crippen MR) is 103 cm³/mol. The third-order valence-electron chi connectivity index (χ3n) is 3.62. The molecule has 1 atom stereocenters. The summed E-state index contributed by atoms with van der Waals surface area (Å²) in [5.74, 6) is -0.826. The number of nitrogens with one attached hydrogen (secondary N) is 2. The summed E-state index contributed by atoms with van der Waals surface area (Å²) in [6.07, 6.45) is -0.291. The van der Waals surface area contributed by atoms with Gasteiger partial charge in [0.15, 0.2) is 5.84 Å². The lowest BCUT2D eigenvalue weighted by Crippen LogP contribution is -2.30. The molecule has 0 saturated heterocycles. The van der Waals surface area contributed by atoms with E-state index in [1.807, 2.05) is 31.2 Å². The van der Waals surface area contributed by atoms with Crippen LogP contribution in [0.3, 0.4) is 0 Å². The van der Waals surface area contributed by atoms with Gasteiger partial charge in [0.2, 0.25) is 11.8 Å². The maximum Gasteiger partial charge on any atom is 0.233 e. The first-order valence-electron chi connectivity index (χ1n) is 7.81. The number of carbonyl (C=O) groups is 2. The van der Waals surface area contributed by atoms with Gasteiger partial charge in [-0.05, 0) is 48.9 Å². The van der Waals surface area contributed by atoms with E-state index in [0.29, 0.717) is 11.3 Å². The van der Waals surface area contributed by atoms with Gasteiger partial charge in [0.1, 0.15) is 6.42 Å². The molecule has 1 unspecified atom stereocenters. The molecule has 2 amide bonds. The topological polar surface area (TPSA) is 117 Å². The number of anilines is 1. The fourth-order valence-corrected chi connectivity index (χ4v) is 2.70. The van der Waals surface area contributed by atoms with E-state index in [9.17, 15) is 9.59 Å². The number of hydrogen-bond acceptors (Lipinski definition) is 4. The standard InChI is InChI=1S/C18H19BrN4O3/c1-11(13-3-2-4-14(19)9-13)21-16(24)10-17(25)22-15-7-5-12(6-8-15)18(20)23-26/h2-9,11,26H,10H2,1H3,(H2,20,23)(H,21,24)(H,22,25). The second-order valence-corrected chi connectivity index (χ2v) is 6.55. The molecule has 26 heavy (non-hydrogen) atoms. The van der Waals surface area contributed by atoms with Crippen molar-refractivity contribution in [2.24, 2.45) is 10.9 Å². The molecule has 8 heteroatoms. The van der Waals surface area contributed by atoms with Crippen molar-refractivity contribution >= 4 is 39.3 Å². The number of rotatable bonds is 6. The molecule has 0 aliphatic heterocycles. The Labute approximate surface area is 159 Å². The zero-order valence-corrected chi connectivity index (χ0v) is 15.7. The summed E-state index contributed by atoms with van der Waals surface area (Å²) in [5.41, 5.74) is 7.44. The highest BCUT2D eigenvalue weighted by atomic mass is 79.9. The third-order valence-corrected chi connectivity index (χ3v) is 4.11. The van der Waals surface area contributed by atoms with Gasteiger partial charge < -0.3 is 21.6 Å². The van der Waals surface area contributed by atoms with Crippen LogP contribution in [-0.4, -0.2) is 22.9 Å². The maximum atomic E-state index is 12.1. The quantitative estimate of drug-likeness (QED) is 0.189. The van der Waals surface area contributed by atoms with Gasteiger partial charge in [-0.1, -0.05) is 33.2 Å². The molecule has 2 aromatic carbocycles. The number of amides is 2. The average molecular weight is 419 g/mol. The molecule has 7 nitrogen and oxygen atoms in total. The van der Waals surface area contributed by atoms with Crippen LogP contribution in [0.2, 0.25) is 0 Å². The summed E-state index contributed by atoms with van der Waals surface area (Å²) < 4.78 is 0.921. The van der Waals surface area contributed by atoms with Gasteiger partial charge in [0.25, 0.3) is 0 Å². The van der Waals surface area contributed by atoms with E-state index in [4.69, 9.17) is 10.9 Å². The lowest BCUT2D eigenvalue weighted by atomic mass is 10.1. The summed E-state index contributed by atoms with van der Waals surface area (Å²) in [5, 5.41) is 16.9. The van der Waals surface area contributed by atoms with Crippen LogP contribution in [-0.2, 0) is 9.59 Å². The van der Waals surface area contributed by atoms with Crippen LogP contribution >= 0.6 is 15.9 Å². The normalized spacial score (nSPS) is 12.3. The second-order valence-electron chi connectivity index (χ2n) is 5.63. The van der Waals surface area contributed by atoms with E-state index in [1.54, 1.807) is 24.3 Å². The molecular weight excluding hydrogens is 400 g/mol. The molecule has 0 radical (unpaired) electrons. The Morgan fingerprint density at radius 1 is 1.19 bits per heavy atom. The molecule has 5 N–H and O–H groups in total. The van der Waals surface area contributed by atoms with Crippen LogP contribution in [0.4, 0.5) is 5.69 Å². The van der Waals surface area contributed by atoms with Gasteiger partial charge in [-0.15, -0.1) is 0 Å². The van der Waals surface area contributed by atoms with Crippen molar-refractivity contribution < 1.29 is 14.8 Å². The van der Waals surface area contributed by atoms with Gasteiger partial charge in [0.05, 0.1) is 6.04 Å². The van der Waals surface area contributed by atoms with E-state index in [2.05, 4.69) is 31.7 Å². The number of nitrogens with zero attached hydrogens (tertiary/aromatic N) is 1. The van der Waals surface area contributed by atoms with Crippen molar-refractivity contribution in [3.63, 3.8) is 0 Å². The molecule has 0 aliphatic rings. The van der Waals surface area contributed by atoms with Crippen LogP contribution in [0.5, 0.6) is 0 Å². The van der Waals surface area contributed by atoms with Gasteiger partial charge >= 0.3 is 0 Å². The van der Waals surface area contributed by atoms with Crippen LogP contribution in [0, 0.1) is 0 Å². The first-order valence-corrected chi connectivity index (χ1v) is 8.61. The summed E-state index contributed by atoms with van der Waals surface area (Å²) in [4.78, 5) is 24.1. The highest BCUT2D eigenvalue weighted by Crippen LogP contribution is 2.18. The molecule has 0 aliphatic carbocycles. The molecular formula is C18H19BrN4O3. The second kappa shape index (κ2) is 9.00. The van der Waals surface area contributed by atoms with Gasteiger partial charge in [-0.2, -0.15) is 0 Å². The molecule has 0 fully saturated rings. The van der Waals surface area contributed by atoms with Crippen molar-refractivity contribution in [3.05, 3.63) is 64.1 Å². The zero-order valence-electron chi connectivity index (χ0n) is 14.1. The van der Waals surface area contributed by atoms with Crippen molar-refractivity contribution in [1.82, 2.24) is 5.32 Å². The Bertz CT molecular complexity index is 821. The summed E-state index contributed by atoms with van der Waals surface area (Å²) in [7, 11) is 0. The van der Waals surface area contributed by atoms with E-state index in [0.717, 1.165) is 10.0 Å². The minimum absolute atomic E-state index is 0.0243. The monoisotopic (exact) mass is 418 g/mol. The van der Waals surface area contributed by atoms with Crippen molar-refractivity contribution in [2.75, 3.05) is 5.32 Å². The third kappa shape index (κ3) is 5.59. The number of benzene rings is 2. The number of hydrogen-bond donors (Lipinski definition) is 4. The molecule has 2 aromatic rings. The van der Waals surface area contributed by atoms with Gasteiger partial charge in [0, 0.05) is 15.7 Å². The summed E-state index contributed by atoms with van der Waals surface area (Å²) in [6, 6.07) is 13.8. The fraction of sp³-hybridized carbons (Fsp3) is 0.167. The summed E-state index contributed by atoms with van der Waals surface area (Å²) in [6.45, 7) is 1.85. The Morgan fingerprint density at radius 2 is 1.88 bits per heavy atom. The number of nitrogens with two attached hydrogens (primary N) is 1. The number of oxime groups is 1. The molecule has 136 valence electrons. The molecule has 0 aromatic heterocycles. The Hall–Kier alpha value is -2.87. The first-order chi connectivity index (χ1) is 12.4. The van der Waals surface area contributed by atoms with E-state index >= 15 is 0 Å². The molecule has 2 rings (SSSR count). The van der Waals surface area contributed by atoms with E-state index < -0.39 is 5.91 Å². The lowest BCUT2D eigenvalue weighted by Gasteiger charge is -2.14. The average Bonchev–Trinajstić information content (AvgIpc) is 2.61. The molecule has 0 saturated carbocycles. The number of halogens is 1. The predicted octanol–water partition coefficient (Wildman–Crippen LogP) is 2.75. The minimum atomic E-state index is -0.430. The largest absolute Gasteiger partial charge is 0.409 e. The summed E-state index contributed by atoms with van der Waals surface area (Å²) >= 11 is 3.39. The van der Waals surface area contributed by atoms with Crippen molar-refractivity contribution in [1.29, 1.82) is 0 Å². The molecule has 0 spiro atoms. The SMILES string of the molecule is CC(NC(=O)CC(=O)Nc1ccc(/C(N)=N/O)cc1)c1cccc(Br)c1.